The largest absolute Gasteiger partial charge is 0.457 e. The van der Waals surface area contributed by atoms with Crippen molar-refractivity contribution in [3.05, 3.63) is 53.6 Å². The molecule has 0 aliphatic heterocycles. The minimum atomic E-state index is -0.674. The Balaban J connectivity index is 2.36. The van der Waals surface area contributed by atoms with E-state index in [9.17, 15) is 8.78 Å². The zero-order valence-corrected chi connectivity index (χ0v) is 9.91. The Morgan fingerprint density at radius 1 is 1.11 bits per heavy atom. The van der Waals surface area contributed by atoms with Crippen LogP contribution in [0.4, 0.5) is 14.5 Å². The zero-order chi connectivity index (χ0) is 13.1. The van der Waals surface area contributed by atoms with E-state index in [1.54, 1.807) is 18.2 Å². The maximum absolute atomic E-state index is 13.0. The Labute approximate surface area is 104 Å². The highest BCUT2D eigenvalue weighted by atomic mass is 19.1. The van der Waals surface area contributed by atoms with Crippen LogP contribution in [0.2, 0.25) is 0 Å². The van der Waals surface area contributed by atoms with Crippen LogP contribution in [0.1, 0.15) is 12.5 Å². The maximum Gasteiger partial charge on any atom is 0.133 e. The summed E-state index contributed by atoms with van der Waals surface area (Å²) in [6, 6.07) is 8.28. The molecule has 0 saturated heterocycles. The van der Waals surface area contributed by atoms with Crippen LogP contribution in [0.5, 0.6) is 11.5 Å². The number of nitrogens with two attached hydrogens (primary N) is 1. The third-order valence-electron chi connectivity index (χ3n) is 2.59. The monoisotopic (exact) mass is 249 g/mol. The zero-order valence-electron chi connectivity index (χ0n) is 9.91. The normalized spacial score (nSPS) is 10.4. The number of hydrogen-bond acceptors (Lipinski definition) is 2. The van der Waals surface area contributed by atoms with Crippen molar-refractivity contribution in [3.8, 4) is 11.5 Å². The smallest absolute Gasteiger partial charge is 0.133 e. The topological polar surface area (TPSA) is 35.2 Å². The van der Waals surface area contributed by atoms with Crippen molar-refractivity contribution < 1.29 is 13.5 Å². The van der Waals surface area contributed by atoms with Crippen LogP contribution in [-0.4, -0.2) is 0 Å². The fraction of sp³-hybridized carbons (Fsp3) is 0.143. The van der Waals surface area contributed by atoms with Gasteiger partial charge in [-0.25, -0.2) is 8.78 Å². The van der Waals surface area contributed by atoms with E-state index in [0.29, 0.717) is 17.9 Å². The number of rotatable bonds is 3. The van der Waals surface area contributed by atoms with Gasteiger partial charge in [0, 0.05) is 29.4 Å². The summed E-state index contributed by atoms with van der Waals surface area (Å²) < 4.78 is 31.6. The van der Waals surface area contributed by atoms with Gasteiger partial charge in [0.25, 0.3) is 0 Å². The minimum Gasteiger partial charge on any atom is -0.457 e. The highest BCUT2D eigenvalue weighted by molar-refractivity contribution is 5.55. The molecule has 0 heterocycles. The summed E-state index contributed by atoms with van der Waals surface area (Å²) in [7, 11) is 0. The lowest BCUT2D eigenvalue weighted by atomic mass is 10.1. The molecule has 0 aliphatic rings. The lowest BCUT2D eigenvalue weighted by Crippen LogP contribution is -1.97. The number of hydrogen-bond donors (Lipinski definition) is 1. The lowest BCUT2D eigenvalue weighted by molar-refractivity contribution is 0.464. The molecule has 4 heteroatoms. The number of nitrogen functional groups attached to an aromatic ring is 1. The Bertz CT molecular complexity index is 549. The summed E-state index contributed by atoms with van der Waals surface area (Å²) in [6.45, 7) is 1.94. The summed E-state index contributed by atoms with van der Waals surface area (Å²) in [4.78, 5) is 0. The summed E-state index contributed by atoms with van der Waals surface area (Å²) in [5, 5.41) is 0. The molecule has 2 nitrogen and oxygen atoms in total. The molecule has 2 aromatic rings. The number of ether oxygens (including phenoxy) is 1. The Morgan fingerprint density at radius 2 is 1.78 bits per heavy atom. The van der Waals surface area contributed by atoms with E-state index in [4.69, 9.17) is 10.5 Å². The fourth-order valence-corrected chi connectivity index (χ4v) is 1.77. The van der Waals surface area contributed by atoms with Gasteiger partial charge >= 0.3 is 0 Å². The molecule has 0 spiro atoms. The van der Waals surface area contributed by atoms with E-state index < -0.39 is 11.6 Å². The van der Waals surface area contributed by atoms with Crippen LogP contribution in [0.3, 0.4) is 0 Å². The highest BCUT2D eigenvalue weighted by Crippen LogP contribution is 2.30. The molecule has 0 saturated carbocycles. The van der Waals surface area contributed by atoms with Crippen molar-refractivity contribution in [2.24, 2.45) is 0 Å². The van der Waals surface area contributed by atoms with Crippen molar-refractivity contribution >= 4 is 5.69 Å². The highest BCUT2D eigenvalue weighted by Gasteiger charge is 2.08. The number of anilines is 1. The Hall–Kier alpha value is -2.10. The first-order valence-corrected chi connectivity index (χ1v) is 5.61. The molecule has 2 rings (SSSR count). The third kappa shape index (κ3) is 2.59. The van der Waals surface area contributed by atoms with Gasteiger partial charge in [-0.2, -0.15) is 0 Å². The molecular weight excluding hydrogens is 236 g/mol. The first-order valence-electron chi connectivity index (χ1n) is 5.61. The molecule has 0 aromatic heterocycles. The van der Waals surface area contributed by atoms with E-state index >= 15 is 0 Å². The Kier molecular flexibility index (Phi) is 3.46. The first-order chi connectivity index (χ1) is 8.60. The Morgan fingerprint density at radius 3 is 2.39 bits per heavy atom. The fourth-order valence-electron chi connectivity index (χ4n) is 1.77. The van der Waals surface area contributed by atoms with E-state index in [0.717, 1.165) is 23.8 Å². The molecule has 2 aromatic carbocycles. The molecule has 18 heavy (non-hydrogen) atoms. The molecule has 0 fully saturated rings. The van der Waals surface area contributed by atoms with Crippen molar-refractivity contribution in [3.63, 3.8) is 0 Å². The molecule has 0 aliphatic carbocycles. The average molecular weight is 249 g/mol. The van der Waals surface area contributed by atoms with Gasteiger partial charge in [0.2, 0.25) is 0 Å². The number of benzene rings is 2. The molecule has 2 N–H and O–H groups in total. The summed E-state index contributed by atoms with van der Waals surface area (Å²) in [5.41, 5.74) is 7.24. The second-order valence-corrected chi connectivity index (χ2v) is 3.88. The van der Waals surface area contributed by atoms with Gasteiger partial charge in [0.1, 0.15) is 23.1 Å². The summed E-state index contributed by atoms with van der Waals surface area (Å²) >= 11 is 0. The third-order valence-corrected chi connectivity index (χ3v) is 2.59. The van der Waals surface area contributed by atoms with Crippen LogP contribution in [0, 0.1) is 11.6 Å². The lowest BCUT2D eigenvalue weighted by Gasteiger charge is -2.12. The molecule has 0 atom stereocenters. The van der Waals surface area contributed by atoms with Gasteiger partial charge in [-0.15, -0.1) is 0 Å². The van der Waals surface area contributed by atoms with E-state index in [-0.39, 0.29) is 5.75 Å². The number of halogens is 2. The van der Waals surface area contributed by atoms with Crippen LogP contribution in [0.15, 0.2) is 36.4 Å². The van der Waals surface area contributed by atoms with Crippen molar-refractivity contribution in [1.29, 1.82) is 0 Å². The minimum absolute atomic E-state index is 0.118. The van der Waals surface area contributed by atoms with Crippen LogP contribution in [-0.2, 0) is 6.42 Å². The predicted octanol–water partition coefficient (Wildman–Crippen LogP) is 3.90. The second-order valence-electron chi connectivity index (χ2n) is 3.88. The summed E-state index contributed by atoms with van der Waals surface area (Å²) in [5.74, 6) is -0.714. The first kappa shape index (κ1) is 12.4. The van der Waals surface area contributed by atoms with Crippen LogP contribution >= 0.6 is 0 Å². The standard InChI is InChI=1S/C14H13F2NO/c1-2-12-13(17)4-3-5-14(12)18-11-7-9(15)6-10(16)8-11/h3-8H,2,17H2,1H3. The molecule has 0 unspecified atom stereocenters. The molecule has 0 amide bonds. The molecule has 94 valence electrons. The van der Waals surface area contributed by atoms with E-state index in [1.807, 2.05) is 6.92 Å². The van der Waals surface area contributed by atoms with Crippen molar-refractivity contribution in [1.82, 2.24) is 0 Å². The van der Waals surface area contributed by atoms with Gasteiger partial charge in [0.05, 0.1) is 0 Å². The van der Waals surface area contributed by atoms with Gasteiger partial charge in [-0.1, -0.05) is 13.0 Å². The predicted molar refractivity (Wildman–Crippen MR) is 66.7 cm³/mol. The van der Waals surface area contributed by atoms with Gasteiger partial charge in [-0.05, 0) is 18.6 Å². The van der Waals surface area contributed by atoms with Gasteiger partial charge in [-0.3, -0.25) is 0 Å². The summed E-state index contributed by atoms with van der Waals surface area (Å²) in [6.07, 6.45) is 0.680. The molecule has 0 bridgehead atoms. The maximum atomic E-state index is 13.0. The van der Waals surface area contributed by atoms with Gasteiger partial charge < -0.3 is 10.5 Å². The van der Waals surface area contributed by atoms with E-state index in [2.05, 4.69) is 0 Å². The SMILES string of the molecule is CCc1c(N)cccc1Oc1cc(F)cc(F)c1. The second kappa shape index (κ2) is 5.04. The van der Waals surface area contributed by atoms with Crippen molar-refractivity contribution in [2.75, 3.05) is 5.73 Å². The average Bonchev–Trinajstić information content (AvgIpc) is 2.27. The molecule has 0 radical (unpaired) electrons. The molecular formula is C14H13F2NO. The van der Waals surface area contributed by atoms with E-state index in [1.165, 1.54) is 0 Å². The quantitative estimate of drug-likeness (QED) is 0.837. The van der Waals surface area contributed by atoms with Gasteiger partial charge in [0.15, 0.2) is 0 Å². The van der Waals surface area contributed by atoms with Crippen LogP contribution in [0.25, 0.3) is 0 Å². The van der Waals surface area contributed by atoms with Crippen LogP contribution < -0.4 is 10.5 Å². The van der Waals surface area contributed by atoms with Crippen molar-refractivity contribution in [2.45, 2.75) is 13.3 Å².